The molecule has 2 nitrogen and oxygen atoms in total. The van der Waals surface area contributed by atoms with E-state index >= 15 is 0 Å². The Morgan fingerprint density at radius 2 is 1.57 bits per heavy atom. The molecule has 0 bridgehead atoms. The molecule has 0 atom stereocenters. The summed E-state index contributed by atoms with van der Waals surface area (Å²) in [4.78, 5) is 0. The van der Waals surface area contributed by atoms with Crippen LogP contribution in [0, 0.1) is 11.6 Å². The van der Waals surface area contributed by atoms with Crippen LogP contribution in [0.3, 0.4) is 0 Å². The molecule has 23 heavy (non-hydrogen) atoms. The summed E-state index contributed by atoms with van der Waals surface area (Å²) in [7, 11) is 0. The van der Waals surface area contributed by atoms with Crippen molar-refractivity contribution >= 4 is 44.6 Å². The van der Waals surface area contributed by atoms with Crippen molar-refractivity contribution in [3.05, 3.63) is 22.6 Å². The average Bonchev–Trinajstić information content (AvgIpc) is 2.99. The third-order valence-corrected chi connectivity index (χ3v) is 4.88. The standard InChI is InChI=1S/C16H18Cl2F2O2S/c1-2-10-9-23-16-11(10)12(19)14(21-7-3-5-17)15(13(16)20)22-8-4-6-18/h9H,2-8H2,1H3. The summed E-state index contributed by atoms with van der Waals surface area (Å²) < 4.78 is 40.8. The minimum atomic E-state index is -0.582. The van der Waals surface area contributed by atoms with E-state index in [4.69, 9.17) is 32.7 Å². The molecule has 0 saturated heterocycles. The summed E-state index contributed by atoms with van der Waals surface area (Å²) >= 11 is 12.4. The maximum absolute atomic E-state index is 14.9. The van der Waals surface area contributed by atoms with Crippen LogP contribution in [0.15, 0.2) is 5.38 Å². The highest BCUT2D eigenvalue weighted by molar-refractivity contribution is 7.17. The smallest absolute Gasteiger partial charge is 0.201 e. The van der Waals surface area contributed by atoms with Gasteiger partial charge < -0.3 is 9.47 Å². The second-order valence-electron chi connectivity index (χ2n) is 4.89. The van der Waals surface area contributed by atoms with Crippen molar-refractivity contribution in [1.82, 2.24) is 0 Å². The SMILES string of the molecule is CCc1csc2c(F)c(OCCCCl)c(OCCCCl)c(F)c12. The Morgan fingerprint density at radius 1 is 1.00 bits per heavy atom. The molecule has 1 aromatic heterocycles. The summed E-state index contributed by atoms with van der Waals surface area (Å²) in [5, 5.41) is 2.04. The molecule has 2 rings (SSSR count). The number of alkyl halides is 2. The number of halogens is 4. The zero-order valence-corrected chi connectivity index (χ0v) is 15.1. The van der Waals surface area contributed by atoms with Gasteiger partial charge in [0.05, 0.1) is 17.9 Å². The molecule has 128 valence electrons. The van der Waals surface area contributed by atoms with Crippen LogP contribution in [-0.4, -0.2) is 25.0 Å². The number of hydrogen-bond acceptors (Lipinski definition) is 3. The summed E-state index contributed by atoms with van der Waals surface area (Å²) in [5.41, 5.74) is 0.760. The Hall–Kier alpha value is -0.780. The van der Waals surface area contributed by atoms with Gasteiger partial charge in [-0.25, -0.2) is 8.78 Å². The fourth-order valence-electron chi connectivity index (χ4n) is 2.19. The predicted molar refractivity (Wildman–Crippen MR) is 92.8 cm³/mol. The Kier molecular flexibility index (Phi) is 7.18. The molecular formula is C16H18Cl2F2O2S. The number of hydrogen-bond donors (Lipinski definition) is 0. The predicted octanol–water partition coefficient (Wildman–Crippen LogP) is 5.76. The van der Waals surface area contributed by atoms with Gasteiger partial charge in [0, 0.05) is 17.1 Å². The summed E-state index contributed by atoms with van der Waals surface area (Å²) in [6.45, 7) is 2.30. The number of fused-ring (bicyclic) bond motifs is 1. The fourth-order valence-corrected chi connectivity index (χ4v) is 3.48. The lowest BCUT2D eigenvalue weighted by Gasteiger charge is -2.15. The van der Waals surface area contributed by atoms with Crippen LogP contribution in [0.1, 0.15) is 25.3 Å². The molecular weight excluding hydrogens is 365 g/mol. The van der Waals surface area contributed by atoms with Gasteiger partial charge in [-0.3, -0.25) is 0 Å². The Bertz CT molecular complexity index is 661. The van der Waals surface area contributed by atoms with E-state index in [2.05, 4.69) is 0 Å². The van der Waals surface area contributed by atoms with E-state index in [1.807, 2.05) is 6.92 Å². The molecule has 0 aliphatic carbocycles. The van der Waals surface area contributed by atoms with Crippen LogP contribution in [0.2, 0.25) is 0 Å². The number of benzene rings is 1. The highest BCUT2D eigenvalue weighted by Gasteiger charge is 2.25. The van der Waals surface area contributed by atoms with Crippen molar-refractivity contribution in [2.75, 3.05) is 25.0 Å². The van der Waals surface area contributed by atoms with E-state index in [9.17, 15) is 8.78 Å². The van der Waals surface area contributed by atoms with Crippen molar-refractivity contribution in [3.8, 4) is 11.5 Å². The molecule has 1 aromatic carbocycles. The lowest BCUT2D eigenvalue weighted by atomic mass is 10.1. The van der Waals surface area contributed by atoms with Crippen LogP contribution in [0.4, 0.5) is 8.78 Å². The Morgan fingerprint density at radius 3 is 2.09 bits per heavy atom. The quantitative estimate of drug-likeness (QED) is 0.405. The molecule has 0 saturated carbocycles. The van der Waals surface area contributed by atoms with Crippen LogP contribution in [-0.2, 0) is 6.42 Å². The fraction of sp³-hybridized carbons (Fsp3) is 0.500. The van der Waals surface area contributed by atoms with E-state index < -0.39 is 11.6 Å². The van der Waals surface area contributed by atoms with Gasteiger partial charge in [0.25, 0.3) is 0 Å². The summed E-state index contributed by atoms with van der Waals surface area (Å²) in [6.07, 6.45) is 1.68. The lowest BCUT2D eigenvalue weighted by molar-refractivity contribution is 0.250. The molecule has 1 heterocycles. The normalized spacial score (nSPS) is 11.2. The van der Waals surface area contributed by atoms with Gasteiger partial charge in [0.2, 0.25) is 11.5 Å². The van der Waals surface area contributed by atoms with Crippen LogP contribution in [0.25, 0.3) is 10.1 Å². The van der Waals surface area contributed by atoms with Gasteiger partial charge in [-0.2, -0.15) is 0 Å². The monoisotopic (exact) mass is 382 g/mol. The van der Waals surface area contributed by atoms with Gasteiger partial charge >= 0.3 is 0 Å². The molecule has 0 unspecified atom stereocenters. The topological polar surface area (TPSA) is 18.5 Å². The van der Waals surface area contributed by atoms with Gasteiger partial charge in [0.1, 0.15) is 0 Å². The van der Waals surface area contributed by atoms with Crippen molar-refractivity contribution < 1.29 is 18.3 Å². The van der Waals surface area contributed by atoms with Gasteiger partial charge in [-0.05, 0) is 30.2 Å². The van der Waals surface area contributed by atoms with Gasteiger partial charge in [0.15, 0.2) is 11.6 Å². The van der Waals surface area contributed by atoms with E-state index in [1.165, 1.54) is 11.3 Å². The van der Waals surface area contributed by atoms with Crippen molar-refractivity contribution in [3.63, 3.8) is 0 Å². The molecule has 0 aliphatic heterocycles. The van der Waals surface area contributed by atoms with Crippen molar-refractivity contribution in [2.45, 2.75) is 26.2 Å². The minimum Gasteiger partial charge on any atom is -0.487 e. The summed E-state index contributed by atoms with van der Waals surface area (Å²) in [5.74, 6) is -0.750. The molecule has 0 fully saturated rings. The molecule has 0 amide bonds. The largest absolute Gasteiger partial charge is 0.487 e. The minimum absolute atomic E-state index is 0.178. The molecule has 2 aromatic rings. The van der Waals surface area contributed by atoms with Crippen LogP contribution in [0.5, 0.6) is 11.5 Å². The number of rotatable bonds is 9. The third kappa shape index (κ3) is 4.01. The zero-order valence-electron chi connectivity index (χ0n) is 12.8. The first-order valence-electron chi connectivity index (χ1n) is 7.44. The molecule has 0 N–H and O–H groups in total. The lowest BCUT2D eigenvalue weighted by Crippen LogP contribution is -2.07. The van der Waals surface area contributed by atoms with Crippen molar-refractivity contribution in [1.29, 1.82) is 0 Å². The average molecular weight is 383 g/mol. The van der Waals surface area contributed by atoms with E-state index in [-0.39, 0.29) is 34.8 Å². The molecule has 7 heteroatoms. The maximum atomic E-state index is 14.9. The Labute approximate surface area is 148 Å². The van der Waals surface area contributed by atoms with E-state index in [0.717, 1.165) is 5.56 Å². The van der Waals surface area contributed by atoms with Crippen LogP contribution >= 0.6 is 34.5 Å². The zero-order chi connectivity index (χ0) is 16.8. The van der Waals surface area contributed by atoms with Crippen molar-refractivity contribution in [2.24, 2.45) is 0 Å². The van der Waals surface area contributed by atoms with E-state index in [0.29, 0.717) is 31.0 Å². The highest BCUT2D eigenvalue weighted by Crippen LogP contribution is 2.43. The summed E-state index contributed by atoms with van der Waals surface area (Å²) in [6, 6.07) is 0. The van der Waals surface area contributed by atoms with Crippen LogP contribution < -0.4 is 9.47 Å². The first-order valence-corrected chi connectivity index (χ1v) is 9.39. The molecule has 0 radical (unpaired) electrons. The van der Waals surface area contributed by atoms with E-state index in [1.54, 1.807) is 5.38 Å². The van der Waals surface area contributed by atoms with Gasteiger partial charge in [-0.1, -0.05) is 6.92 Å². The Balaban J connectivity index is 2.50. The highest BCUT2D eigenvalue weighted by atomic mass is 35.5. The number of aryl methyl sites for hydroxylation is 1. The molecule has 0 spiro atoms. The maximum Gasteiger partial charge on any atom is 0.201 e. The first-order chi connectivity index (χ1) is 11.2. The molecule has 0 aliphatic rings. The second-order valence-corrected chi connectivity index (χ2v) is 6.52. The first kappa shape index (κ1) is 18.6. The third-order valence-electron chi connectivity index (χ3n) is 3.32. The number of thiophene rings is 1. The van der Waals surface area contributed by atoms with Gasteiger partial charge in [-0.15, -0.1) is 34.5 Å². The number of ether oxygens (including phenoxy) is 2. The second kappa shape index (κ2) is 8.90.